The molecule has 4 heteroatoms. The van der Waals surface area contributed by atoms with Crippen LogP contribution >= 0.6 is 0 Å². The minimum Gasteiger partial charge on any atom is -0.492 e. The van der Waals surface area contributed by atoms with E-state index in [1.807, 2.05) is 0 Å². The number of benzene rings is 1. The number of hydrogen-bond acceptors (Lipinski definition) is 3. The molecule has 4 nitrogen and oxygen atoms in total. The summed E-state index contributed by atoms with van der Waals surface area (Å²) in [4.78, 5) is 17.5. The van der Waals surface area contributed by atoms with Crippen LogP contribution in [0.3, 0.4) is 0 Å². The fourth-order valence-electron chi connectivity index (χ4n) is 5.52. The molecule has 1 aliphatic carbocycles. The van der Waals surface area contributed by atoms with E-state index >= 15 is 0 Å². The number of hydrogen-bond donors (Lipinski definition) is 0. The summed E-state index contributed by atoms with van der Waals surface area (Å²) in [5.41, 5.74) is 1.72. The summed E-state index contributed by atoms with van der Waals surface area (Å²) in [5.74, 6) is 2.78. The van der Waals surface area contributed by atoms with Crippen LogP contribution in [0.15, 0.2) is 24.3 Å². The fraction of sp³-hybridized carbons (Fsp3) is 0.741. The third-order valence-electron chi connectivity index (χ3n) is 7.57. The van der Waals surface area contributed by atoms with E-state index < -0.39 is 0 Å². The van der Waals surface area contributed by atoms with Crippen LogP contribution in [0.4, 0.5) is 0 Å². The van der Waals surface area contributed by atoms with Gasteiger partial charge in [0.05, 0.1) is 0 Å². The summed E-state index contributed by atoms with van der Waals surface area (Å²) in [6, 6.07) is 8.60. The molecule has 0 atom stereocenters. The van der Waals surface area contributed by atoms with Crippen LogP contribution in [0.5, 0.6) is 5.75 Å². The Kier molecular flexibility index (Phi) is 7.58. The van der Waals surface area contributed by atoms with Crippen LogP contribution in [0.1, 0.15) is 70.8 Å². The number of likely N-dealkylation sites (tertiary alicyclic amines) is 1. The molecule has 0 N–H and O–H groups in total. The van der Waals surface area contributed by atoms with Crippen LogP contribution in [-0.2, 0) is 11.2 Å². The van der Waals surface area contributed by atoms with Crippen LogP contribution in [0.2, 0.25) is 0 Å². The molecule has 31 heavy (non-hydrogen) atoms. The zero-order valence-electron chi connectivity index (χ0n) is 19.8. The molecule has 1 aromatic rings. The summed E-state index contributed by atoms with van der Waals surface area (Å²) in [7, 11) is 0. The summed E-state index contributed by atoms with van der Waals surface area (Å²) in [6.45, 7) is 10.4. The van der Waals surface area contributed by atoms with E-state index in [1.54, 1.807) is 0 Å². The number of amides is 1. The SMILES string of the molecule is CC(C)CC(=O)N1CCC2(CCCCc3ccccc3OCCN(CC3CC3)C2)CC1. The maximum absolute atomic E-state index is 12.6. The molecule has 2 fully saturated rings. The lowest BCUT2D eigenvalue weighted by Crippen LogP contribution is -2.49. The minimum absolute atomic E-state index is 0.359. The molecule has 3 aliphatic rings. The highest BCUT2D eigenvalue weighted by atomic mass is 16.5. The van der Waals surface area contributed by atoms with Crippen molar-refractivity contribution in [3.8, 4) is 5.75 Å². The van der Waals surface area contributed by atoms with Gasteiger partial charge in [-0.05, 0) is 73.8 Å². The second kappa shape index (κ2) is 10.4. The number of piperidine rings is 1. The Balaban J connectivity index is 1.44. The van der Waals surface area contributed by atoms with Gasteiger partial charge in [0.2, 0.25) is 5.91 Å². The maximum Gasteiger partial charge on any atom is 0.222 e. The van der Waals surface area contributed by atoms with E-state index in [1.165, 1.54) is 50.8 Å². The average molecular weight is 427 g/mol. The van der Waals surface area contributed by atoms with Gasteiger partial charge in [-0.15, -0.1) is 0 Å². The zero-order valence-corrected chi connectivity index (χ0v) is 19.8. The van der Waals surface area contributed by atoms with Gasteiger partial charge in [-0.2, -0.15) is 0 Å². The molecule has 1 saturated heterocycles. The first kappa shape index (κ1) is 22.6. The van der Waals surface area contributed by atoms with Crippen molar-refractivity contribution in [1.29, 1.82) is 0 Å². The van der Waals surface area contributed by atoms with E-state index in [2.05, 4.69) is 47.9 Å². The van der Waals surface area contributed by atoms with Crippen molar-refractivity contribution in [1.82, 2.24) is 9.80 Å². The third kappa shape index (κ3) is 6.47. The van der Waals surface area contributed by atoms with Gasteiger partial charge < -0.3 is 9.64 Å². The monoisotopic (exact) mass is 426 g/mol. The van der Waals surface area contributed by atoms with Gasteiger partial charge in [0.15, 0.2) is 0 Å². The highest BCUT2D eigenvalue weighted by molar-refractivity contribution is 5.76. The average Bonchev–Trinajstić information content (AvgIpc) is 3.55. The van der Waals surface area contributed by atoms with Crippen molar-refractivity contribution < 1.29 is 9.53 Å². The van der Waals surface area contributed by atoms with Crippen molar-refractivity contribution in [2.45, 2.75) is 71.6 Å². The van der Waals surface area contributed by atoms with Gasteiger partial charge in [-0.3, -0.25) is 9.69 Å². The Bertz CT molecular complexity index is 720. The lowest BCUT2D eigenvalue weighted by atomic mass is 9.73. The molecule has 0 bridgehead atoms. The molecule has 1 saturated carbocycles. The zero-order chi connectivity index (χ0) is 21.7. The Morgan fingerprint density at radius 3 is 2.61 bits per heavy atom. The first-order valence-corrected chi connectivity index (χ1v) is 12.7. The fourth-order valence-corrected chi connectivity index (χ4v) is 5.52. The molecule has 0 radical (unpaired) electrons. The smallest absolute Gasteiger partial charge is 0.222 e. The van der Waals surface area contributed by atoms with Crippen LogP contribution < -0.4 is 4.74 Å². The normalized spacial score (nSPS) is 23.0. The number of ether oxygens (including phenoxy) is 1. The third-order valence-corrected chi connectivity index (χ3v) is 7.57. The molecule has 1 aromatic carbocycles. The Hall–Kier alpha value is -1.55. The first-order valence-electron chi connectivity index (χ1n) is 12.7. The van der Waals surface area contributed by atoms with Gasteiger partial charge in [0, 0.05) is 39.1 Å². The summed E-state index contributed by atoms with van der Waals surface area (Å²) < 4.78 is 6.26. The largest absolute Gasteiger partial charge is 0.492 e. The highest BCUT2D eigenvalue weighted by Crippen LogP contribution is 2.40. The second-order valence-electron chi connectivity index (χ2n) is 10.8. The molecule has 0 aromatic heterocycles. The van der Waals surface area contributed by atoms with Crippen LogP contribution in [0.25, 0.3) is 0 Å². The quantitative estimate of drug-likeness (QED) is 0.667. The van der Waals surface area contributed by atoms with Crippen molar-refractivity contribution >= 4 is 5.91 Å². The molecular weight excluding hydrogens is 384 g/mol. The van der Waals surface area contributed by atoms with Crippen molar-refractivity contribution in [3.05, 3.63) is 29.8 Å². The number of carbonyl (C=O) groups excluding carboxylic acids is 1. The lowest BCUT2D eigenvalue weighted by molar-refractivity contribution is -0.134. The Morgan fingerprint density at radius 1 is 1.10 bits per heavy atom. The number of aryl methyl sites for hydroxylation is 1. The van der Waals surface area contributed by atoms with Gasteiger partial charge in [0.1, 0.15) is 12.4 Å². The first-order chi connectivity index (χ1) is 15.0. The predicted octanol–water partition coefficient (Wildman–Crippen LogP) is 5.16. The molecule has 0 unspecified atom stereocenters. The summed E-state index contributed by atoms with van der Waals surface area (Å²) in [6.07, 6.45) is 10.7. The van der Waals surface area contributed by atoms with E-state index in [-0.39, 0.29) is 0 Å². The number of nitrogens with zero attached hydrogens (tertiary/aromatic N) is 2. The lowest BCUT2D eigenvalue weighted by Gasteiger charge is -2.45. The Morgan fingerprint density at radius 2 is 1.87 bits per heavy atom. The van der Waals surface area contributed by atoms with E-state index in [0.29, 0.717) is 23.7 Å². The van der Waals surface area contributed by atoms with Gasteiger partial charge >= 0.3 is 0 Å². The van der Waals surface area contributed by atoms with E-state index in [4.69, 9.17) is 4.74 Å². The number of fused-ring (bicyclic) bond motifs is 1. The molecule has 172 valence electrons. The van der Waals surface area contributed by atoms with Crippen molar-refractivity contribution in [3.63, 3.8) is 0 Å². The molecular formula is C27H42N2O2. The minimum atomic E-state index is 0.359. The molecule has 4 rings (SSSR count). The topological polar surface area (TPSA) is 32.8 Å². The van der Waals surface area contributed by atoms with Crippen molar-refractivity contribution in [2.75, 3.05) is 39.3 Å². The standard InChI is InChI=1S/C27H42N2O2/c1-22(2)19-26(30)29-15-13-27(14-16-29)12-6-5-8-24-7-3-4-9-25(24)31-18-17-28(21-27)20-23-10-11-23/h3-4,7,9,22-23H,5-6,8,10-21H2,1-2H3. The van der Waals surface area contributed by atoms with Gasteiger partial charge in [-0.25, -0.2) is 0 Å². The summed E-state index contributed by atoms with van der Waals surface area (Å²) >= 11 is 0. The molecule has 2 aliphatic heterocycles. The Labute approximate surface area is 189 Å². The molecule has 2 heterocycles. The van der Waals surface area contributed by atoms with Gasteiger partial charge in [-0.1, -0.05) is 38.5 Å². The van der Waals surface area contributed by atoms with Crippen LogP contribution in [-0.4, -0.2) is 55.0 Å². The number of carbonyl (C=O) groups is 1. The predicted molar refractivity (Wildman–Crippen MR) is 126 cm³/mol. The van der Waals surface area contributed by atoms with Crippen molar-refractivity contribution in [2.24, 2.45) is 17.3 Å². The van der Waals surface area contributed by atoms with E-state index in [0.717, 1.165) is 57.2 Å². The number of para-hydroxylation sites is 1. The number of rotatable bonds is 4. The van der Waals surface area contributed by atoms with E-state index in [9.17, 15) is 4.79 Å². The maximum atomic E-state index is 12.6. The second-order valence-corrected chi connectivity index (χ2v) is 10.8. The van der Waals surface area contributed by atoms with Gasteiger partial charge in [0.25, 0.3) is 0 Å². The summed E-state index contributed by atoms with van der Waals surface area (Å²) in [5, 5.41) is 0. The molecule has 1 spiro atoms. The van der Waals surface area contributed by atoms with Crippen LogP contribution in [0, 0.1) is 17.3 Å². The highest BCUT2D eigenvalue weighted by Gasteiger charge is 2.38. The molecule has 1 amide bonds.